The van der Waals surface area contributed by atoms with Crippen LogP contribution < -0.4 is 4.74 Å². The molecule has 0 saturated heterocycles. The maximum absolute atomic E-state index is 13.9. The lowest BCUT2D eigenvalue weighted by Gasteiger charge is -2.12. The number of benzene rings is 1. The topological polar surface area (TPSA) is 26.3 Å². The normalized spacial score (nSPS) is 15.2. The van der Waals surface area contributed by atoms with Crippen LogP contribution in [0, 0.1) is 11.7 Å². The molecule has 1 aromatic rings. The monoisotopic (exact) mass is 222 g/mol. The Morgan fingerprint density at radius 2 is 2.12 bits per heavy atom. The van der Waals surface area contributed by atoms with Crippen molar-refractivity contribution in [2.45, 2.75) is 32.8 Å². The summed E-state index contributed by atoms with van der Waals surface area (Å²) in [6.45, 7) is 3.66. The van der Waals surface area contributed by atoms with Crippen molar-refractivity contribution in [1.82, 2.24) is 0 Å². The number of hydrogen-bond acceptors (Lipinski definition) is 2. The molecule has 0 aromatic heterocycles. The Hall–Kier alpha value is -1.38. The van der Waals surface area contributed by atoms with E-state index in [9.17, 15) is 9.18 Å². The number of Topliss-reactive ketones (excluding diaryl/α,β-unsaturated/α-hetero) is 1. The largest absolute Gasteiger partial charge is 0.488 e. The fourth-order valence-corrected chi connectivity index (χ4v) is 1.61. The van der Waals surface area contributed by atoms with E-state index < -0.39 is 5.82 Å². The van der Waals surface area contributed by atoms with Gasteiger partial charge in [0.15, 0.2) is 17.3 Å². The zero-order chi connectivity index (χ0) is 11.7. The Balaban J connectivity index is 2.28. The molecule has 1 saturated carbocycles. The minimum Gasteiger partial charge on any atom is -0.488 e. The third-order valence-corrected chi connectivity index (χ3v) is 2.54. The van der Waals surface area contributed by atoms with Crippen LogP contribution in [0.5, 0.6) is 5.75 Å². The Labute approximate surface area is 94.4 Å². The van der Waals surface area contributed by atoms with Crippen LogP contribution in [-0.4, -0.2) is 11.9 Å². The zero-order valence-electron chi connectivity index (χ0n) is 9.50. The number of ether oxygens (including phenoxy) is 1. The molecule has 1 aliphatic carbocycles. The third kappa shape index (κ3) is 2.23. The molecule has 0 atom stereocenters. The Morgan fingerprint density at radius 3 is 2.69 bits per heavy atom. The van der Waals surface area contributed by atoms with Crippen LogP contribution in [0.25, 0.3) is 0 Å². The standard InChI is InChI=1S/C13H15FO2/c1-8(2)16-11-5-3-4-10(12(11)14)13(15)9-6-7-9/h3-5,8-9H,6-7H2,1-2H3. The fourth-order valence-electron chi connectivity index (χ4n) is 1.61. The Kier molecular flexibility index (Phi) is 2.95. The Bertz CT molecular complexity index is 408. The van der Waals surface area contributed by atoms with Crippen LogP contribution in [0.2, 0.25) is 0 Å². The van der Waals surface area contributed by atoms with Crippen molar-refractivity contribution >= 4 is 5.78 Å². The van der Waals surface area contributed by atoms with Crippen LogP contribution in [0.15, 0.2) is 18.2 Å². The molecular formula is C13H15FO2. The lowest BCUT2D eigenvalue weighted by atomic mass is 10.1. The van der Waals surface area contributed by atoms with Gasteiger partial charge in [0, 0.05) is 5.92 Å². The summed E-state index contributed by atoms with van der Waals surface area (Å²) in [6, 6.07) is 4.75. The summed E-state index contributed by atoms with van der Waals surface area (Å²) in [5.41, 5.74) is 0.167. The second-order valence-electron chi connectivity index (χ2n) is 4.42. The minimum absolute atomic E-state index is 0.0313. The molecule has 0 N–H and O–H groups in total. The van der Waals surface area contributed by atoms with E-state index in [0.29, 0.717) is 0 Å². The van der Waals surface area contributed by atoms with E-state index >= 15 is 0 Å². The molecule has 0 unspecified atom stereocenters. The van der Waals surface area contributed by atoms with E-state index in [1.54, 1.807) is 12.1 Å². The molecule has 0 aliphatic heterocycles. The van der Waals surface area contributed by atoms with Gasteiger partial charge in [0.05, 0.1) is 11.7 Å². The van der Waals surface area contributed by atoms with Gasteiger partial charge < -0.3 is 4.74 Å². The average molecular weight is 222 g/mol. The first kappa shape index (κ1) is 11.1. The third-order valence-electron chi connectivity index (χ3n) is 2.54. The summed E-state index contributed by atoms with van der Waals surface area (Å²) in [4.78, 5) is 11.8. The van der Waals surface area contributed by atoms with E-state index in [-0.39, 0.29) is 29.1 Å². The highest BCUT2D eigenvalue weighted by molar-refractivity contribution is 5.99. The van der Waals surface area contributed by atoms with E-state index in [1.807, 2.05) is 13.8 Å². The van der Waals surface area contributed by atoms with E-state index in [1.165, 1.54) is 6.07 Å². The molecule has 1 aromatic carbocycles. The highest BCUT2D eigenvalue weighted by Gasteiger charge is 2.32. The highest BCUT2D eigenvalue weighted by Crippen LogP contribution is 2.34. The molecule has 0 bridgehead atoms. The first-order valence-corrected chi connectivity index (χ1v) is 5.59. The number of rotatable bonds is 4. The maximum Gasteiger partial charge on any atom is 0.175 e. The maximum atomic E-state index is 13.9. The summed E-state index contributed by atoms with van der Waals surface area (Å²) in [7, 11) is 0. The quantitative estimate of drug-likeness (QED) is 0.731. The Morgan fingerprint density at radius 1 is 1.44 bits per heavy atom. The van der Waals surface area contributed by atoms with Gasteiger partial charge in [-0.15, -0.1) is 0 Å². The number of carbonyl (C=O) groups is 1. The van der Waals surface area contributed by atoms with Gasteiger partial charge in [-0.25, -0.2) is 4.39 Å². The molecule has 1 aliphatic rings. The second kappa shape index (κ2) is 4.24. The van der Waals surface area contributed by atoms with E-state index in [4.69, 9.17) is 4.74 Å². The number of hydrogen-bond donors (Lipinski definition) is 0. The summed E-state index contributed by atoms with van der Waals surface area (Å²) < 4.78 is 19.2. The van der Waals surface area contributed by atoms with Crippen LogP contribution >= 0.6 is 0 Å². The number of halogens is 1. The van der Waals surface area contributed by atoms with Crippen LogP contribution in [0.3, 0.4) is 0 Å². The van der Waals surface area contributed by atoms with E-state index in [0.717, 1.165) is 12.8 Å². The molecule has 0 amide bonds. The van der Waals surface area contributed by atoms with E-state index in [2.05, 4.69) is 0 Å². The van der Waals surface area contributed by atoms with Gasteiger partial charge in [0.1, 0.15) is 0 Å². The summed E-state index contributed by atoms with van der Waals surface area (Å²) in [5, 5.41) is 0. The van der Waals surface area contributed by atoms with Gasteiger partial charge in [-0.05, 0) is 38.8 Å². The fraction of sp³-hybridized carbons (Fsp3) is 0.462. The van der Waals surface area contributed by atoms with Gasteiger partial charge >= 0.3 is 0 Å². The molecule has 0 heterocycles. The van der Waals surface area contributed by atoms with Crippen molar-refractivity contribution in [3.05, 3.63) is 29.6 Å². The lowest BCUT2D eigenvalue weighted by Crippen LogP contribution is -2.10. The minimum atomic E-state index is -0.520. The molecule has 0 spiro atoms. The first-order valence-electron chi connectivity index (χ1n) is 5.59. The van der Waals surface area contributed by atoms with Crippen molar-refractivity contribution in [3.63, 3.8) is 0 Å². The van der Waals surface area contributed by atoms with Crippen LogP contribution in [0.4, 0.5) is 4.39 Å². The molecule has 16 heavy (non-hydrogen) atoms. The predicted octanol–water partition coefficient (Wildman–Crippen LogP) is 3.21. The summed E-state index contributed by atoms with van der Waals surface area (Å²) >= 11 is 0. The van der Waals surface area contributed by atoms with Crippen molar-refractivity contribution in [2.24, 2.45) is 5.92 Å². The lowest BCUT2D eigenvalue weighted by molar-refractivity contribution is 0.0962. The van der Waals surface area contributed by atoms with Gasteiger partial charge in [-0.1, -0.05) is 6.07 Å². The molecule has 1 fully saturated rings. The number of carbonyl (C=O) groups excluding carboxylic acids is 1. The van der Waals surface area contributed by atoms with Gasteiger partial charge in [-0.2, -0.15) is 0 Å². The molecule has 3 heteroatoms. The number of ketones is 1. The molecule has 2 nitrogen and oxygen atoms in total. The molecule has 0 radical (unpaired) electrons. The SMILES string of the molecule is CC(C)Oc1cccc(C(=O)C2CC2)c1F. The van der Waals surface area contributed by atoms with Gasteiger partial charge in [0.2, 0.25) is 0 Å². The first-order chi connectivity index (χ1) is 7.59. The van der Waals surface area contributed by atoms with Crippen molar-refractivity contribution in [3.8, 4) is 5.75 Å². The van der Waals surface area contributed by atoms with Crippen molar-refractivity contribution in [2.75, 3.05) is 0 Å². The summed E-state index contributed by atoms with van der Waals surface area (Å²) in [6.07, 6.45) is 1.67. The van der Waals surface area contributed by atoms with Gasteiger partial charge in [-0.3, -0.25) is 4.79 Å². The zero-order valence-corrected chi connectivity index (χ0v) is 9.50. The van der Waals surface area contributed by atoms with Crippen LogP contribution in [0.1, 0.15) is 37.0 Å². The summed E-state index contributed by atoms with van der Waals surface area (Å²) in [5.74, 6) is -0.412. The molecule has 2 rings (SSSR count). The van der Waals surface area contributed by atoms with Crippen LogP contribution in [-0.2, 0) is 0 Å². The predicted molar refractivity (Wildman–Crippen MR) is 59.2 cm³/mol. The highest BCUT2D eigenvalue weighted by atomic mass is 19.1. The average Bonchev–Trinajstić information content (AvgIpc) is 3.03. The molecule has 86 valence electrons. The van der Waals surface area contributed by atoms with Crippen molar-refractivity contribution in [1.29, 1.82) is 0 Å². The second-order valence-corrected chi connectivity index (χ2v) is 4.42. The van der Waals surface area contributed by atoms with Gasteiger partial charge in [0.25, 0.3) is 0 Å². The smallest absolute Gasteiger partial charge is 0.175 e. The van der Waals surface area contributed by atoms with Crippen molar-refractivity contribution < 1.29 is 13.9 Å². The molecular weight excluding hydrogens is 207 g/mol.